The molecule has 0 aliphatic carbocycles. The van der Waals surface area contributed by atoms with Gasteiger partial charge in [-0.05, 0) is 20.8 Å². The predicted molar refractivity (Wildman–Crippen MR) is 57.7 cm³/mol. The number of aryl methyl sites for hydroxylation is 2. The second kappa shape index (κ2) is 4.21. The standard InChI is InChI=1S/C9H13N7/c1-5-4-10-6(2)8(11-5)12-7(3)9-13-15-16-14-9/h4,7H,1-3H3,(H,11,12)(H,13,14,15,16). The van der Waals surface area contributed by atoms with Crippen molar-refractivity contribution in [1.29, 1.82) is 0 Å². The SMILES string of the molecule is Cc1cnc(C)c(NC(C)c2nn[nH]n2)n1. The summed E-state index contributed by atoms with van der Waals surface area (Å²) in [5, 5.41) is 16.9. The van der Waals surface area contributed by atoms with Gasteiger partial charge in [0.15, 0.2) is 5.82 Å². The lowest BCUT2D eigenvalue weighted by Gasteiger charge is -2.12. The van der Waals surface area contributed by atoms with Crippen molar-refractivity contribution in [2.75, 3.05) is 5.32 Å². The predicted octanol–water partition coefficient (Wildman–Crippen LogP) is 0.780. The van der Waals surface area contributed by atoms with Crippen LogP contribution in [0.15, 0.2) is 6.20 Å². The number of hydrogen-bond donors (Lipinski definition) is 2. The van der Waals surface area contributed by atoms with Gasteiger partial charge < -0.3 is 5.32 Å². The Bertz CT molecular complexity index is 465. The van der Waals surface area contributed by atoms with Crippen LogP contribution in [0.2, 0.25) is 0 Å². The Kier molecular flexibility index (Phi) is 2.76. The van der Waals surface area contributed by atoms with E-state index < -0.39 is 0 Å². The highest BCUT2D eigenvalue weighted by molar-refractivity contribution is 5.40. The van der Waals surface area contributed by atoms with Crippen LogP contribution in [-0.4, -0.2) is 30.6 Å². The molecule has 2 N–H and O–H groups in total. The smallest absolute Gasteiger partial charge is 0.196 e. The van der Waals surface area contributed by atoms with Crippen molar-refractivity contribution in [3.05, 3.63) is 23.4 Å². The fraction of sp³-hybridized carbons (Fsp3) is 0.444. The second-order valence-corrected chi connectivity index (χ2v) is 3.58. The Morgan fingerprint density at radius 3 is 2.88 bits per heavy atom. The van der Waals surface area contributed by atoms with Gasteiger partial charge >= 0.3 is 0 Å². The Hall–Kier alpha value is -2.05. The molecule has 16 heavy (non-hydrogen) atoms. The molecule has 0 spiro atoms. The maximum atomic E-state index is 4.36. The molecule has 2 aromatic rings. The molecule has 2 heterocycles. The Labute approximate surface area is 92.7 Å². The van der Waals surface area contributed by atoms with E-state index in [1.54, 1.807) is 6.20 Å². The highest BCUT2D eigenvalue weighted by Gasteiger charge is 2.12. The average molecular weight is 219 g/mol. The number of anilines is 1. The maximum Gasteiger partial charge on any atom is 0.196 e. The van der Waals surface area contributed by atoms with Crippen molar-refractivity contribution in [2.45, 2.75) is 26.8 Å². The Balaban J connectivity index is 2.17. The monoisotopic (exact) mass is 219 g/mol. The Morgan fingerprint density at radius 2 is 2.19 bits per heavy atom. The first-order chi connectivity index (χ1) is 7.66. The third kappa shape index (κ3) is 2.13. The van der Waals surface area contributed by atoms with E-state index in [9.17, 15) is 0 Å². The topological polar surface area (TPSA) is 92.3 Å². The van der Waals surface area contributed by atoms with Crippen molar-refractivity contribution < 1.29 is 0 Å². The molecule has 0 aromatic carbocycles. The van der Waals surface area contributed by atoms with Gasteiger partial charge in [0, 0.05) is 6.20 Å². The highest BCUT2D eigenvalue weighted by Crippen LogP contribution is 2.15. The van der Waals surface area contributed by atoms with E-state index in [4.69, 9.17) is 0 Å². The van der Waals surface area contributed by atoms with Crippen LogP contribution in [0.5, 0.6) is 0 Å². The number of aromatic nitrogens is 6. The zero-order chi connectivity index (χ0) is 11.5. The van der Waals surface area contributed by atoms with E-state index in [-0.39, 0.29) is 6.04 Å². The summed E-state index contributed by atoms with van der Waals surface area (Å²) in [5.41, 5.74) is 1.72. The minimum Gasteiger partial charge on any atom is -0.359 e. The molecule has 7 nitrogen and oxygen atoms in total. The summed E-state index contributed by atoms with van der Waals surface area (Å²) in [6.07, 6.45) is 1.74. The molecule has 0 amide bonds. The molecule has 84 valence electrons. The molecule has 7 heteroatoms. The van der Waals surface area contributed by atoms with Gasteiger partial charge in [0.1, 0.15) is 5.82 Å². The molecule has 0 radical (unpaired) electrons. The average Bonchev–Trinajstić information content (AvgIpc) is 2.76. The number of hydrogen-bond acceptors (Lipinski definition) is 6. The van der Waals surface area contributed by atoms with Crippen molar-refractivity contribution in [3.8, 4) is 0 Å². The van der Waals surface area contributed by atoms with Crippen LogP contribution in [0.4, 0.5) is 5.82 Å². The summed E-state index contributed by atoms with van der Waals surface area (Å²) < 4.78 is 0. The van der Waals surface area contributed by atoms with Gasteiger partial charge in [-0.25, -0.2) is 4.98 Å². The lowest BCUT2D eigenvalue weighted by atomic mass is 10.3. The van der Waals surface area contributed by atoms with Gasteiger partial charge in [-0.15, -0.1) is 10.2 Å². The van der Waals surface area contributed by atoms with E-state index in [1.807, 2.05) is 20.8 Å². The molecule has 1 unspecified atom stereocenters. The molecule has 0 bridgehead atoms. The van der Waals surface area contributed by atoms with Crippen LogP contribution in [-0.2, 0) is 0 Å². The van der Waals surface area contributed by atoms with Gasteiger partial charge in [0.25, 0.3) is 0 Å². The number of nitrogens with zero attached hydrogens (tertiary/aromatic N) is 5. The van der Waals surface area contributed by atoms with Gasteiger partial charge in [-0.1, -0.05) is 5.21 Å². The highest BCUT2D eigenvalue weighted by atomic mass is 15.5. The molecule has 0 aliphatic heterocycles. The third-order valence-corrected chi connectivity index (χ3v) is 2.18. The molecule has 1 atom stereocenters. The number of rotatable bonds is 3. The molecule has 2 rings (SSSR count). The van der Waals surface area contributed by atoms with Crippen molar-refractivity contribution in [1.82, 2.24) is 30.6 Å². The van der Waals surface area contributed by atoms with Crippen LogP contribution >= 0.6 is 0 Å². The molecule has 0 saturated carbocycles. The molecule has 0 saturated heterocycles. The van der Waals surface area contributed by atoms with E-state index in [0.29, 0.717) is 5.82 Å². The van der Waals surface area contributed by atoms with Crippen molar-refractivity contribution in [2.24, 2.45) is 0 Å². The van der Waals surface area contributed by atoms with Crippen molar-refractivity contribution >= 4 is 5.82 Å². The molecule has 0 fully saturated rings. The van der Waals surface area contributed by atoms with E-state index >= 15 is 0 Å². The van der Waals surface area contributed by atoms with E-state index in [1.165, 1.54) is 0 Å². The van der Waals surface area contributed by atoms with Crippen LogP contribution in [0.25, 0.3) is 0 Å². The zero-order valence-corrected chi connectivity index (χ0v) is 9.39. The summed E-state index contributed by atoms with van der Waals surface area (Å²) in [6.45, 7) is 5.74. The molecule has 2 aromatic heterocycles. The zero-order valence-electron chi connectivity index (χ0n) is 9.39. The molecule has 0 aliphatic rings. The van der Waals surface area contributed by atoms with Crippen LogP contribution in [0, 0.1) is 13.8 Å². The first-order valence-corrected chi connectivity index (χ1v) is 4.97. The van der Waals surface area contributed by atoms with E-state index in [0.717, 1.165) is 17.2 Å². The maximum absolute atomic E-state index is 4.36. The van der Waals surface area contributed by atoms with Crippen LogP contribution < -0.4 is 5.32 Å². The van der Waals surface area contributed by atoms with Gasteiger partial charge in [0.05, 0.1) is 17.4 Å². The number of tetrazole rings is 1. The van der Waals surface area contributed by atoms with Gasteiger partial charge in [-0.2, -0.15) is 5.21 Å². The fourth-order valence-electron chi connectivity index (χ4n) is 1.30. The first-order valence-electron chi connectivity index (χ1n) is 4.97. The van der Waals surface area contributed by atoms with Crippen LogP contribution in [0.1, 0.15) is 30.2 Å². The number of H-pyrrole nitrogens is 1. The molecular weight excluding hydrogens is 206 g/mol. The van der Waals surface area contributed by atoms with Gasteiger partial charge in [-0.3, -0.25) is 4.98 Å². The van der Waals surface area contributed by atoms with Crippen LogP contribution in [0.3, 0.4) is 0 Å². The van der Waals surface area contributed by atoms with Crippen molar-refractivity contribution in [3.63, 3.8) is 0 Å². The molecular formula is C9H13N7. The second-order valence-electron chi connectivity index (χ2n) is 3.58. The summed E-state index contributed by atoms with van der Waals surface area (Å²) >= 11 is 0. The summed E-state index contributed by atoms with van der Waals surface area (Å²) in [7, 11) is 0. The summed E-state index contributed by atoms with van der Waals surface area (Å²) in [5.74, 6) is 1.35. The van der Waals surface area contributed by atoms with Gasteiger partial charge in [0.2, 0.25) is 0 Å². The number of aromatic amines is 1. The normalized spacial score (nSPS) is 12.4. The fourth-order valence-corrected chi connectivity index (χ4v) is 1.30. The third-order valence-electron chi connectivity index (χ3n) is 2.18. The lowest BCUT2D eigenvalue weighted by Crippen LogP contribution is -2.12. The lowest BCUT2D eigenvalue weighted by molar-refractivity contribution is 0.782. The quantitative estimate of drug-likeness (QED) is 0.792. The Morgan fingerprint density at radius 1 is 1.38 bits per heavy atom. The van der Waals surface area contributed by atoms with E-state index in [2.05, 4.69) is 35.9 Å². The number of nitrogens with one attached hydrogen (secondary N) is 2. The summed E-state index contributed by atoms with van der Waals surface area (Å²) in [6, 6.07) is -0.0615. The first kappa shape index (κ1) is 10.5. The minimum absolute atomic E-state index is 0.0615. The minimum atomic E-state index is -0.0615. The summed E-state index contributed by atoms with van der Waals surface area (Å²) in [4.78, 5) is 8.59. The largest absolute Gasteiger partial charge is 0.359 e.